The molecular formula is C22H25N3O4. The Kier molecular flexibility index (Phi) is 5.38. The Balaban J connectivity index is 1.38. The highest BCUT2D eigenvalue weighted by molar-refractivity contribution is 6.06. The Hall–Kier alpha value is -3.09. The summed E-state index contributed by atoms with van der Waals surface area (Å²) in [5, 5.41) is 0.247. The topological polar surface area (TPSA) is 88.4 Å². The van der Waals surface area contributed by atoms with Crippen LogP contribution in [-0.2, 0) is 6.42 Å². The van der Waals surface area contributed by atoms with Crippen LogP contribution in [0, 0.1) is 12.8 Å². The Bertz CT molecular complexity index is 1060. The number of benzene rings is 1. The van der Waals surface area contributed by atoms with E-state index in [1.54, 1.807) is 14.0 Å². The summed E-state index contributed by atoms with van der Waals surface area (Å²) in [6.07, 6.45) is 5.34. The number of aryl methyl sites for hydroxylation is 2. The van der Waals surface area contributed by atoms with Crippen LogP contribution >= 0.6 is 0 Å². The van der Waals surface area contributed by atoms with Gasteiger partial charge in [-0.1, -0.05) is 12.1 Å². The van der Waals surface area contributed by atoms with E-state index in [2.05, 4.69) is 22.1 Å². The van der Waals surface area contributed by atoms with E-state index in [1.807, 2.05) is 17.0 Å². The zero-order valence-electron chi connectivity index (χ0n) is 16.7. The van der Waals surface area contributed by atoms with Gasteiger partial charge in [0.05, 0.1) is 19.0 Å². The number of fused-ring (bicyclic) bond motifs is 1. The predicted octanol–water partition coefficient (Wildman–Crippen LogP) is 3.32. The standard InChI is InChI=1S/C22H25N3O4/c1-14-18(19-20(26)23-13-24-21(19)29-14)22(27)25-11-9-16(10-12-25)4-3-15-5-7-17(28-2)8-6-15/h5-8,13,16H,3-4,9-12H2,1-2H3,(H,23,24,26). The van der Waals surface area contributed by atoms with Gasteiger partial charge in [-0.05, 0) is 56.2 Å². The zero-order chi connectivity index (χ0) is 20.4. The highest BCUT2D eigenvalue weighted by Crippen LogP contribution is 2.27. The second-order valence-electron chi connectivity index (χ2n) is 7.57. The minimum Gasteiger partial charge on any atom is -0.497 e. The van der Waals surface area contributed by atoms with Crippen molar-refractivity contribution in [1.29, 1.82) is 0 Å². The molecule has 4 rings (SSSR count). The van der Waals surface area contributed by atoms with E-state index in [0.29, 0.717) is 30.3 Å². The average Bonchev–Trinajstić information content (AvgIpc) is 3.09. The number of furan rings is 1. The number of likely N-dealkylation sites (tertiary alicyclic amines) is 1. The minimum absolute atomic E-state index is 0.145. The highest BCUT2D eigenvalue weighted by Gasteiger charge is 2.29. The van der Waals surface area contributed by atoms with Crippen molar-refractivity contribution in [3.05, 3.63) is 57.8 Å². The van der Waals surface area contributed by atoms with Crippen LogP contribution in [0.1, 0.15) is 40.9 Å². The SMILES string of the molecule is COc1ccc(CCC2CCN(C(=O)c3c(C)oc4nc[nH]c(=O)c34)CC2)cc1. The number of ether oxygens (including phenoxy) is 1. The number of aromatic nitrogens is 2. The number of carbonyl (C=O) groups excluding carboxylic acids is 1. The Labute approximate surface area is 168 Å². The van der Waals surface area contributed by atoms with Gasteiger partial charge in [-0.15, -0.1) is 0 Å². The van der Waals surface area contributed by atoms with Gasteiger partial charge in [-0.25, -0.2) is 4.98 Å². The number of amides is 1. The van der Waals surface area contributed by atoms with Gasteiger partial charge >= 0.3 is 0 Å². The number of nitrogens with one attached hydrogen (secondary N) is 1. The van der Waals surface area contributed by atoms with Crippen molar-refractivity contribution in [3.63, 3.8) is 0 Å². The number of hydrogen-bond acceptors (Lipinski definition) is 5. The molecule has 1 aliphatic rings. The molecule has 7 nitrogen and oxygen atoms in total. The minimum atomic E-state index is -0.343. The number of H-pyrrole nitrogens is 1. The average molecular weight is 395 g/mol. The lowest BCUT2D eigenvalue weighted by molar-refractivity contribution is 0.0687. The fraction of sp³-hybridized carbons (Fsp3) is 0.409. The van der Waals surface area contributed by atoms with Gasteiger partial charge in [0.25, 0.3) is 11.5 Å². The van der Waals surface area contributed by atoms with Crippen LogP contribution in [0.3, 0.4) is 0 Å². The number of nitrogens with zero attached hydrogens (tertiary/aromatic N) is 2. The van der Waals surface area contributed by atoms with Crippen LogP contribution in [0.4, 0.5) is 0 Å². The Morgan fingerprint density at radius 3 is 2.69 bits per heavy atom. The molecule has 3 aromatic rings. The summed E-state index contributed by atoms with van der Waals surface area (Å²) in [6.45, 7) is 3.09. The molecule has 3 heterocycles. The molecule has 0 aliphatic carbocycles. The number of aromatic amines is 1. The maximum Gasteiger partial charge on any atom is 0.262 e. The lowest BCUT2D eigenvalue weighted by atomic mass is 9.90. The molecule has 0 bridgehead atoms. The first kappa shape index (κ1) is 19.2. The van der Waals surface area contributed by atoms with E-state index >= 15 is 0 Å². The third kappa shape index (κ3) is 3.90. The van der Waals surface area contributed by atoms with Crippen LogP contribution in [0.5, 0.6) is 5.75 Å². The van der Waals surface area contributed by atoms with Crippen molar-refractivity contribution in [1.82, 2.24) is 14.9 Å². The van der Waals surface area contributed by atoms with Crippen LogP contribution in [0.2, 0.25) is 0 Å². The third-order valence-electron chi connectivity index (χ3n) is 5.79. The molecule has 0 unspecified atom stereocenters. The van der Waals surface area contributed by atoms with E-state index in [9.17, 15) is 9.59 Å². The molecule has 1 N–H and O–H groups in total. The van der Waals surface area contributed by atoms with Gasteiger partial charge < -0.3 is 19.0 Å². The first-order chi connectivity index (χ1) is 14.1. The van der Waals surface area contributed by atoms with E-state index in [1.165, 1.54) is 11.9 Å². The van der Waals surface area contributed by atoms with Crippen molar-refractivity contribution in [2.75, 3.05) is 20.2 Å². The molecule has 1 aliphatic heterocycles. The van der Waals surface area contributed by atoms with Crippen molar-refractivity contribution in [2.45, 2.75) is 32.6 Å². The van der Waals surface area contributed by atoms with E-state index in [4.69, 9.17) is 9.15 Å². The van der Waals surface area contributed by atoms with Gasteiger partial charge in [0.1, 0.15) is 16.9 Å². The summed E-state index contributed by atoms with van der Waals surface area (Å²) in [6, 6.07) is 8.20. The van der Waals surface area contributed by atoms with Gasteiger partial charge in [0.15, 0.2) is 0 Å². The molecule has 0 radical (unpaired) electrons. The fourth-order valence-electron chi connectivity index (χ4n) is 4.06. The molecule has 1 saturated heterocycles. The smallest absolute Gasteiger partial charge is 0.262 e. The predicted molar refractivity (Wildman–Crippen MR) is 109 cm³/mol. The molecule has 1 aromatic carbocycles. The third-order valence-corrected chi connectivity index (χ3v) is 5.79. The molecular weight excluding hydrogens is 370 g/mol. The molecule has 0 spiro atoms. The second-order valence-corrected chi connectivity index (χ2v) is 7.57. The van der Waals surface area contributed by atoms with Gasteiger partial charge in [0, 0.05) is 13.1 Å². The van der Waals surface area contributed by atoms with Gasteiger partial charge in [-0.2, -0.15) is 0 Å². The van der Waals surface area contributed by atoms with E-state index in [0.717, 1.165) is 31.4 Å². The molecule has 7 heteroatoms. The fourth-order valence-corrected chi connectivity index (χ4v) is 4.06. The number of carbonyl (C=O) groups is 1. The lowest BCUT2D eigenvalue weighted by Gasteiger charge is -2.32. The molecule has 1 fully saturated rings. The van der Waals surface area contributed by atoms with Crippen molar-refractivity contribution in [2.24, 2.45) is 5.92 Å². The molecule has 1 amide bonds. The maximum absolute atomic E-state index is 13.1. The molecule has 0 atom stereocenters. The van der Waals surface area contributed by atoms with Crippen LogP contribution in [0.25, 0.3) is 11.1 Å². The molecule has 2 aromatic heterocycles. The number of rotatable bonds is 5. The normalized spacial score (nSPS) is 15.0. The largest absolute Gasteiger partial charge is 0.497 e. The maximum atomic E-state index is 13.1. The first-order valence-electron chi connectivity index (χ1n) is 9.96. The van der Waals surface area contributed by atoms with Crippen LogP contribution in [-0.4, -0.2) is 41.0 Å². The summed E-state index contributed by atoms with van der Waals surface area (Å²) in [4.78, 5) is 33.6. The van der Waals surface area contributed by atoms with Crippen LogP contribution < -0.4 is 10.3 Å². The van der Waals surface area contributed by atoms with E-state index < -0.39 is 0 Å². The summed E-state index contributed by atoms with van der Waals surface area (Å²) in [5.74, 6) is 1.76. The van der Waals surface area contributed by atoms with Gasteiger partial charge in [-0.3, -0.25) is 9.59 Å². The molecule has 152 valence electrons. The number of methoxy groups -OCH3 is 1. The first-order valence-corrected chi connectivity index (χ1v) is 9.96. The number of hydrogen-bond donors (Lipinski definition) is 1. The summed E-state index contributed by atoms with van der Waals surface area (Å²) < 4.78 is 10.7. The van der Waals surface area contributed by atoms with Crippen molar-refractivity contribution < 1.29 is 13.9 Å². The van der Waals surface area contributed by atoms with Gasteiger partial charge in [0.2, 0.25) is 5.71 Å². The Morgan fingerprint density at radius 1 is 1.28 bits per heavy atom. The van der Waals surface area contributed by atoms with E-state index in [-0.39, 0.29) is 22.6 Å². The second kappa shape index (κ2) is 8.11. The monoisotopic (exact) mass is 395 g/mol. The zero-order valence-corrected chi connectivity index (χ0v) is 16.7. The summed E-state index contributed by atoms with van der Waals surface area (Å²) in [7, 11) is 1.67. The van der Waals surface area contributed by atoms with Crippen molar-refractivity contribution in [3.8, 4) is 5.75 Å². The quantitative estimate of drug-likeness (QED) is 0.716. The lowest BCUT2D eigenvalue weighted by Crippen LogP contribution is -2.39. The summed E-state index contributed by atoms with van der Waals surface area (Å²) >= 11 is 0. The van der Waals surface area contributed by atoms with Crippen LogP contribution in [0.15, 0.2) is 39.8 Å². The Morgan fingerprint density at radius 2 is 2.00 bits per heavy atom. The molecule has 0 saturated carbocycles. The summed E-state index contributed by atoms with van der Waals surface area (Å²) in [5.41, 5.74) is 1.51. The number of piperidine rings is 1. The van der Waals surface area contributed by atoms with Crippen molar-refractivity contribution >= 4 is 17.0 Å². The highest BCUT2D eigenvalue weighted by atomic mass is 16.5. The molecule has 29 heavy (non-hydrogen) atoms.